The Morgan fingerprint density at radius 3 is 2.36 bits per heavy atom. The van der Waals surface area contributed by atoms with Crippen molar-refractivity contribution in [2.45, 2.75) is 45.4 Å². The maximum atomic E-state index is 4.71. The topological polar surface area (TPSA) is 0 Å². The molecule has 0 heterocycles. The molecule has 0 aromatic rings. The Morgan fingerprint density at radius 2 is 1.73 bits per heavy atom. The third-order valence-electron chi connectivity index (χ3n) is 1.68. The summed E-state index contributed by atoms with van der Waals surface area (Å²) < 4.78 is 1.77. The SMILES string of the molecule is CCCCCCCCSC=S. The van der Waals surface area contributed by atoms with E-state index < -0.39 is 0 Å². The van der Waals surface area contributed by atoms with Gasteiger partial charge in [-0.2, -0.15) is 0 Å². The van der Waals surface area contributed by atoms with E-state index in [0.29, 0.717) is 0 Å². The number of thiocarbonyl (C=S) groups is 1. The molecule has 2 heteroatoms. The first-order valence-corrected chi connectivity index (χ1v) is 5.99. The molecule has 0 aliphatic heterocycles. The fourth-order valence-corrected chi connectivity index (χ4v) is 1.77. The second-order valence-corrected chi connectivity index (χ2v) is 4.25. The summed E-state index contributed by atoms with van der Waals surface area (Å²) in [6, 6.07) is 0. The van der Waals surface area contributed by atoms with E-state index in [1.54, 1.807) is 16.5 Å². The Bertz CT molecular complexity index is 81.6. The molecule has 0 amide bonds. The zero-order chi connectivity index (χ0) is 8.36. The molecule has 0 spiro atoms. The van der Waals surface area contributed by atoms with E-state index in [9.17, 15) is 0 Å². The minimum atomic E-state index is 1.22. The summed E-state index contributed by atoms with van der Waals surface area (Å²) in [6.07, 6.45) is 8.29. The molecule has 0 bridgehead atoms. The lowest BCUT2D eigenvalue weighted by Crippen LogP contribution is -1.81. The molecule has 0 radical (unpaired) electrons. The van der Waals surface area contributed by atoms with Crippen LogP contribution in [-0.4, -0.2) is 10.5 Å². The van der Waals surface area contributed by atoms with Gasteiger partial charge in [0.25, 0.3) is 0 Å². The van der Waals surface area contributed by atoms with Crippen LogP contribution in [0.5, 0.6) is 0 Å². The molecular weight excluding hydrogens is 172 g/mol. The molecule has 0 N–H and O–H groups in total. The van der Waals surface area contributed by atoms with Gasteiger partial charge in [-0.25, -0.2) is 0 Å². The van der Waals surface area contributed by atoms with Crippen molar-refractivity contribution in [1.82, 2.24) is 0 Å². The third kappa shape index (κ3) is 10.4. The second kappa shape index (κ2) is 10.4. The van der Waals surface area contributed by atoms with Gasteiger partial charge in [0.1, 0.15) is 0 Å². The summed E-state index contributed by atoms with van der Waals surface area (Å²) in [7, 11) is 0. The van der Waals surface area contributed by atoms with E-state index in [1.165, 1.54) is 44.3 Å². The van der Waals surface area contributed by atoms with Crippen molar-refractivity contribution in [3.63, 3.8) is 0 Å². The smallest absolute Gasteiger partial charge is 0.0341 e. The molecule has 11 heavy (non-hydrogen) atoms. The van der Waals surface area contributed by atoms with Gasteiger partial charge in [-0.05, 0) is 12.2 Å². The minimum absolute atomic E-state index is 1.22. The standard InChI is InChI=1S/C9H18S2/c1-2-3-4-5-6-7-8-11-9-10/h9H,2-8H2,1H3. The molecule has 0 nitrogen and oxygen atoms in total. The van der Waals surface area contributed by atoms with Gasteiger partial charge in [-0.1, -0.05) is 51.2 Å². The van der Waals surface area contributed by atoms with Crippen LogP contribution < -0.4 is 0 Å². The average molecular weight is 190 g/mol. The van der Waals surface area contributed by atoms with E-state index in [4.69, 9.17) is 12.2 Å². The van der Waals surface area contributed by atoms with Crippen LogP contribution in [0, 0.1) is 0 Å². The lowest BCUT2D eigenvalue weighted by Gasteiger charge is -1.97. The number of rotatable bonds is 8. The molecule has 0 rings (SSSR count). The summed E-state index contributed by atoms with van der Waals surface area (Å²) in [5, 5.41) is 0. The summed E-state index contributed by atoms with van der Waals surface area (Å²) in [5.41, 5.74) is 0. The van der Waals surface area contributed by atoms with Crippen molar-refractivity contribution >= 4 is 28.7 Å². The Hall–Kier alpha value is 0.440. The van der Waals surface area contributed by atoms with Crippen LogP contribution in [-0.2, 0) is 0 Å². The minimum Gasteiger partial charge on any atom is -0.122 e. The van der Waals surface area contributed by atoms with Crippen LogP contribution in [0.3, 0.4) is 0 Å². The highest BCUT2D eigenvalue weighted by molar-refractivity contribution is 8.20. The maximum absolute atomic E-state index is 4.71. The van der Waals surface area contributed by atoms with Crippen LogP contribution in [0.4, 0.5) is 0 Å². The first kappa shape index (κ1) is 11.4. The number of hydrogen-bond acceptors (Lipinski definition) is 2. The molecule has 0 saturated carbocycles. The summed E-state index contributed by atoms with van der Waals surface area (Å²) in [6.45, 7) is 2.25. The van der Waals surface area contributed by atoms with Crippen LogP contribution in [0.25, 0.3) is 0 Å². The Balaban J connectivity index is 2.74. The van der Waals surface area contributed by atoms with E-state index in [-0.39, 0.29) is 0 Å². The van der Waals surface area contributed by atoms with E-state index in [2.05, 4.69) is 6.92 Å². The van der Waals surface area contributed by atoms with E-state index in [1.807, 2.05) is 0 Å². The van der Waals surface area contributed by atoms with E-state index >= 15 is 0 Å². The fraction of sp³-hybridized carbons (Fsp3) is 0.889. The van der Waals surface area contributed by atoms with Gasteiger partial charge in [-0.3, -0.25) is 0 Å². The first-order valence-electron chi connectivity index (χ1n) is 4.47. The van der Waals surface area contributed by atoms with Gasteiger partial charge in [0.2, 0.25) is 0 Å². The third-order valence-corrected chi connectivity index (χ3v) is 2.75. The largest absolute Gasteiger partial charge is 0.122 e. The lowest BCUT2D eigenvalue weighted by atomic mass is 10.1. The van der Waals surface area contributed by atoms with Crippen LogP contribution >= 0.6 is 24.0 Å². The summed E-state index contributed by atoms with van der Waals surface area (Å²) in [4.78, 5) is 0. The fourth-order valence-electron chi connectivity index (χ4n) is 1.01. The normalized spacial score (nSPS) is 9.91. The zero-order valence-corrected chi connectivity index (χ0v) is 8.98. The van der Waals surface area contributed by atoms with Crippen LogP contribution in [0.1, 0.15) is 45.4 Å². The summed E-state index contributed by atoms with van der Waals surface area (Å²) >= 11 is 6.47. The van der Waals surface area contributed by atoms with Crippen molar-refractivity contribution in [2.24, 2.45) is 0 Å². The van der Waals surface area contributed by atoms with Crippen LogP contribution in [0.2, 0.25) is 0 Å². The average Bonchev–Trinajstić information content (AvgIpc) is 2.03. The molecule has 0 aromatic heterocycles. The van der Waals surface area contributed by atoms with Crippen molar-refractivity contribution in [3.05, 3.63) is 0 Å². The highest BCUT2D eigenvalue weighted by Crippen LogP contribution is 2.07. The van der Waals surface area contributed by atoms with Crippen molar-refractivity contribution < 1.29 is 0 Å². The zero-order valence-electron chi connectivity index (χ0n) is 7.34. The van der Waals surface area contributed by atoms with Crippen molar-refractivity contribution in [1.29, 1.82) is 0 Å². The monoisotopic (exact) mass is 190 g/mol. The molecule has 66 valence electrons. The highest BCUT2D eigenvalue weighted by atomic mass is 32.2. The van der Waals surface area contributed by atoms with Gasteiger partial charge in [0.05, 0.1) is 0 Å². The molecule has 0 unspecified atom stereocenters. The highest BCUT2D eigenvalue weighted by Gasteiger charge is 1.88. The predicted octanol–water partition coefficient (Wildman–Crippen LogP) is 4.04. The van der Waals surface area contributed by atoms with Gasteiger partial charge >= 0.3 is 0 Å². The number of unbranched alkanes of at least 4 members (excludes halogenated alkanes) is 5. The Kier molecular flexibility index (Phi) is 10.9. The molecule has 0 aliphatic rings. The first-order chi connectivity index (χ1) is 5.41. The molecular formula is C9H18S2. The Labute approximate surface area is 80.1 Å². The molecule has 0 aromatic carbocycles. The Morgan fingerprint density at radius 1 is 1.09 bits per heavy atom. The molecule has 0 aliphatic carbocycles. The number of hydrogen-bond donors (Lipinski definition) is 0. The predicted molar refractivity (Wildman–Crippen MR) is 59.5 cm³/mol. The molecule has 0 atom stereocenters. The maximum Gasteiger partial charge on any atom is 0.0341 e. The van der Waals surface area contributed by atoms with E-state index in [0.717, 1.165) is 0 Å². The van der Waals surface area contributed by atoms with Gasteiger partial charge < -0.3 is 0 Å². The van der Waals surface area contributed by atoms with Gasteiger partial charge in [0.15, 0.2) is 0 Å². The van der Waals surface area contributed by atoms with Crippen molar-refractivity contribution in [2.75, 3.05) is 5.75 Å². The lowest BCUT2D eigenvalue weighted by molar-refractivity contribution is 0.627. The molecule has 0 saturated heterocycles. The van der Waals surface area contributed by atoms with Gasteiger partial charge in [0, 0.05) is 4.70 Å². The second-order valence-electron chi connectivity index (χ2n) is 2.73. The summed E-state index contributed by atoms with van der Waals surface area (Å²) in [5.74, 6) is 1.22. The number of thioether (sulfide) groups is 1. The van der Waals surface area contributed by atoms with Crippen LogP contribution in [0.15, 0.2) is 0 Å². The quantitative estimate of drug-likeness (QED) is 0.418. The van der Waals surface area contributed by atoms with Gasteiger partial charge in [-0.15, -0.1) is 11.8 Å². The van der Waals surface area contributed by atoms with Crippen molar-refractivity contribution in [3.8, 4) is 0 Å². The molecule has 0 fully saturated rings.